The molecule has 7 heteroatoms. The molecule has 32 heavy (non-hydrogen) atoms. The number of aliphatic hydroxyl groups is 1. The van der Waals surface area contributed by atoms with Crippen LogP contribution in [0.25, 0.3) is 11.3 Å². The molecular weight excluding hydrogens is 404 g/mol. The van der Waals surface area contributed by atoms with Gasteiger partial charge in [-0.2, -0.15) is 0 Å². The quantitative estimate of drug-likeness (QED) is 0.621. The number of nitrogens with one attached hydrogen (secondary N) is 1. The molecule has 2 N–H and O–H groups in total. The van der Waals surface area contributed by atoms with Gasteiger partial charge in [0.25, 0.3) is 5.91 Å². The molecule has 1 amide bonds. The molecule has 0 aliphatic heterocycles. The maximum atomic E-state index is 13.1. The molecule has 2 aromatic carbocycles. The van der Waals surface area contributed by atoms with Crippen molar-refractivity contribution in [2.45, 2.75) is 51.7 Å². The number of aliphatic hydroxyl groups excluding tert-OH is 1. The molecule has 0 saturated heterocycles. The van der Waals surface area contributed by atoms with Crippen molar-refractivity contribution in [3.05, 3.63) is 64.3 Å². The second kappa shape index (κ2) is 9.12. The Labute approximate surface area is 188 Å². The predicted octanol–water partition coefficient (Wildman–Crippen LogP) is 3.34. The Morgan fingerprint density at radius 1 is 1.22 bits per heavy atom. The Balaban J connectivity index is 1.60. The maximum absolute atomic E-state index is 13.1. The van der Waals surface area contributed by atoms with Crippen LogP contribution in [0.4, 0.5) is 0 Å². The summed E-state index contributed by atoms with van der Waals surface area (Å²) in [5, 5.41) is 21.3. The van der Waals surface area contributed by atoms with Crippen LogP contribution in [0.5, 0.6) is 5.75 Å². The second-order valence-corrected chi connectivity index (χ2v) is 8.60. The lowest BCUT2D eigenvalue weighted by molar-refractivity contribution is 0.0870. The van der Waals surface area contributed by atoms with Crippen molar-refractivity contribution >= 4 is 5.91 Å². The standard InChI is InChI=1S/C25H30N4O3/c1-15-16(2)24(32-4)20(25(31)26-21-6-5-7-23(21)30)13-19(15)12-17-8-10-18(11-9-17)22-14-29(3)28-27-22/h8-11,13-14,21,23,30H,5-7,12H2,1-4H3,(H,26,31)/t21-,23-/m0/s1. The molecule has 1 heterocycles. The van der Waals surface area contributed by atoms with Gasteiger partial charge in [0.15, 0.2) is 0 Å². The molecular formula is C25H30N4O3. The average Bonchev–Trinajstić information content (AvgIpc) is 3.40. The van der Waals surface area contributed by atoms with Crippen LogP contribution in [0.15, 0.2) is 36.5 Å². The summed E-state index contributed by atoms with van der Waals surface area (Å²) in [6.07, 6.45) is 4.55. The molecule has 0 radical (unpaired) electrons. The summed E-state index contributed by atoms with van der Waals surface area (Å²) in [5.74, 6) is 0.393. The first-order valence-corrected chi connectivity index (χ1v) is 11.0. The van der Waals surface area contributed by atoms with Crippen molar-refractivity contribution in [3.63, 3.8) is 0 Å². The number of nitrogens with zero attached hydrogens (tertiary/aromatic N) is 3. The number of carbonyl (C=O) groups excluding carboxylic acids is 1. The minimum Gasteiger partial charge on any atom is -0.496 e. The monoisotopic (exact) mass is 434 g/mol. The second-order valence-electron chi connectivity index (χ2n) is 8.60. The van der Waals surface area contributed by atoms with Crippen molar-refractivity contribution in [1.82, 2.24) is 20.3 Å². The molecule has 1 aliphatic carbocycles. The SMILES string of the molecule is COc1c(C(=O)N[C@H]2CCC[C@@H]2O)cc(Cc2ccc(-c3cn(C)nn3)cc2)c(C)c1C. The summed E-state index contributed by atoms with van der Waals surface area (Å²) in [6, 6.07) is 9.97. The Hall–Kier alpha value is -3.19. The number of methoxy groups -OCH3 is 1. The zero-order valence-corrected chi connectivity index (χ0v) is 19.1. The Morgan fingerprint density at radius 3 is 2.56 bits per heavy atom. The molecule has 0 unspecified atom stereocenters. The van der Waals surface area contributed by atoms with Gasteiger partial charge in [-0.3, -0.25) is 9.48 Å². The molecule has 168 valence electrons. The van der Waals surface area contributed by atoms with Crippen molar-refractivity contribution in [3.8, 4) is 17.0 Å². The topological polar surface area (TPSA) is 89.3 Å². The molecule has 1 fully saturated rings. The van der Waals surface area contributed by atoms with Gasteiger partial charge in [-0.05, 0) is 67.9 Å². The predicted molar refractivity (Wildman–Crippen MR) is 123 cm³/mol. The summed E-state index contributed by atoms with van der Waals surface area (Å²) in [6.45, 7) is 4.04. The zero-order valence-electron chi connectivity index (χ0n) is 19.1. The largest absolute Gasteiger partial charge is 0.496 e. The van der Waals surface area contributed by atoms with E-state index in [1.54, 1.807) is 11.8 Å². The smallest absolute Gasteiger partial charge is 0.255 e. The van der Waals surface area contributed by atoms with Crippen LogP contribution >= 0.6 is 0 Å². The third-order valence-corrected chi connectivity index (χ3v) is 6.44. The summed E-state index contributed by atoms with van der Waals surface area (Å²) < 4.78 is 7.29. The lowest BCUT2D eigenvalue weighted by Gasteiger charge is -2.20. The number of hydrogen-bond donors (Lipinski definition) is 2. The first-order chi connectivity index (χ1) is 15.4. The van der Waals surface area contributed by atoms with Crippen LogP contribution in [0, 0.1) is 13.8 Å². The third kappa shape index (κ3) is 4.39. The summed E-state index contributed by atoms with van der Waals surface area (Å²) in [7, 11) is 3.44. The maximum Gasteiger partial charge on any atom is 0.255 e. The fourth-order valence-corrected chi connectivity index (χ4v) is 4.42. The van der Waals surface area contributed by atoms with Crippen molar-refractivity contribution < 1.29 is 14.6 Å². The van der Waals surface area contributed by atoms with E-state index in [0.717, 1.165) is 52.8 Å². The molecule has 3 aromatic rings. The van der Waals surface area contributed by atoms with Gasteiger partial charge in [0.05, 0.1) is 31.0 Å². The first kappa shape index (κ1) is 22.0. The highest BCUT2D eigenvalue weighted by Crippen LogP contribution is 2.31. The molecule has 7 nitrogen and oxygen atoms in total. The molecule has 1 aliphatic rings. The van der Waals surface area contributed by atoms with Crippen molar-refractivity contribution in [2.75, 3.05) is 7.11 Å². The van der Waals surface area contributed by atoms with Crippen LogP contribution in [0.1, 0.15) is 51.9 Å². The zero-order chi connectivity index (χ0) is 22.8. The van der Waals surface area contributed by atoms with E-state index in [4.69, 9.17) is 4.74 Å². The van der Waals surface area contributed by atoms with E-state index in [1.807, 2.05) is 38.4 Å². The molecule has 1 aromatic heterocycles. The van der Waals surface area contributed by atoms with Gasteiger partial charge < -0.3 is 15.2 Å². The van der Waals surface area contributed by atoms with Crippen LogP contribution in [0.2, 0.25) is 0 Å². The van der Waals surface area contributed by atoms with Gasteiger partial charge >= 0.3 is 0 Å². The molecule has 1 saturated carbocycles. The van der Waals surface area contributed by atoms with Crippen LogP contribution in [-0.2, 0) is 13.5 Å². The first-order valence-electron chi connectivity index (χ1n) is 11.0. The number of ether oxygens (including phenoxy) is 1. The van der Waals surface area contributed by atoms with E-state index in [-0.39, 0.29) is 11.9 Å². The molecule has 0 spiro atoms. The van der Waals surface area contributed by atoms with Crippen LogP contribution in [0.3, 0.4) is 0 Å². The molecule has 0 bridgehead atoms. The van der Waals surface area contributed by atoms with E-state index in [2.05, 4.69) is 34.7 Å². The van der Waals surface area contributed by atoms with Gasteiger partial charge in [0.1, 0.15) is 11.4 Å². The number of aryl methyl sites for hydroxylation is 1. The highest BCUT2D eigenvalue weighted by atomic mass is 16.5. The number of aromatic nitrogens is 3. The number of benzene rings is 2. The lowest BCUT2D eigenvalue weighted by atomic mass is 9.92. The summed E-state index contributed by atoms with van der Waals surface area (Å²) in [5.41, 5.74) is 6.65. The Kier molecular flexibility index (Phi) is 6.28. The normalized spacial score (nSPS) is 18.0. The summed E-state index contributed by atoms with van der Waals surface area (Å²) >= 11 is 0. The highest BCUT2D eigenvalue weighted by molar-refractivity contribution is 5.98. The van der Waals surface area contributed by atoms with Crippen LogP contribution < -0.4 is 10.1 Å². The average molecular weight is 435 g/mol. The minimum absolute atomic E-state index is 0.199. The fraction of sp³-hybridized carbons (Fsp3) is 0.400. The highest BCUT2D eigenvalue weighted by Gasteiger charge is 2.28. The van der Waals surface area contributed by atoms with Crippen LogP contribution in [-0.4, -0.2) is 45.3 Å². The van der Waals surface area contributed by atoms with Gasteiger partial charge in [0, 0.05) is 12.6 Å². The van der Waals surface area contributed by atoms with E-state index >= 15 is 0 Å². The number of hydrogen-bond acceptors (Lipinski definition) is 5. The minimum atomic E-state index is -0.483. The van der Waals surface area contributed by atoms with Gasteiger partial charge in [0.2, 0.25) is 0 Å². The van der Waals surface area contributed by atoms with E-state index in [1.165, 1.54) is 0 Å². The van der Waals surface area contributed by atoms with E-state index < -0.39 is 6.10 Å². The van der Waals surface area contributed by atoms with Gasteiger partial charge in [-0.1, -0.05) is 29.5 Å². The molecule has 2 atom stereocenters. The van der Waals surface area contributed by atoms with Crippen molar-refractivity contribution in [1.29, 1.82) is 0 Å². The Bertz CT molecular complexity index is 1120. The summed E-state index contributed by atoms with van der Waals surface area (Å²) in [4.78, 5) is 13.1. The van der Waals surface area contributed by atoms with Gasteiger partial charge in [-0.25, -0.2) is 0 Å². The number of rotatable bonds is 6. The Morgan fingerprint density at radius 2 is 1.97 bits per heavy atom. The number of amides is 1. The van der Waals surface area contributed by atoms with Gasteiger partial charge in [-0.15, -0.1) is 5.10 Å². The lowest BCUT2D eigenvalue weighted by Crippen LogP contribution is -2.40. The third-order valence-electron chi connectivity index (χ3n) is 6.44. The van der Waals surface area contributed by atoms with Crippen molar-refractivity contribution in [2.24, 2.45) is 7.05 Å². The van der Waals surface area contributed by atoms with E-state index in [0.29, 0.717) is 17.7 Å². The number of carbonyl (C=O) groups is 1. The van der Waals surface area contributed by atoms with E-state index in [9.17, 15) is 9.90 Å². The molecule has 4 rings (SSSR count). The fourth-order valence-electron chi connectivity index (χ4n) is 4.42.